The van der Waals surface area contributed by atoms with Gasteiger partial charge in [-0.25, -0.2) is 0 Å². The van der Waals surface area contributed by atoms with Crippen molar-refractivity contribution in [3.05, 3.63) is 71.3 Å². The highest BCUT2D eigenvalue weighted by Gasteiger charge is 2.29. The van der Waals surface area contributed by atoms with Gasteiger partial charge < -0.3 is 5.73 Å². The fourth-order valence-electron chi connectivity index (χ4n) is 2.64. The molecule has 1 atom stereocenters. The maximum Gasteiger partial charge on any atom is 0.0668 e. The number of rotatable bonds is 4. The number of benzene rings is 2. The molecule has 1 heteroatoms. The van der Waals surface area contributed by atoms with Gasteiger partial charge >= 0.3 is 0 Å². The third-order valence-corrected chi connectivity index (χ3v) is 3.56. The summed E-state index contributed by atoms with van der Waals surface area (Å²) in [6, 6.07) is 18.8. The fraction of sp³-hybridized carbons (Fsp3) is 0.294. The first-order valence-corrected chi connectivity index (χ1v) is 6.59. The molecule has 0 saturated heterocycles. The van der Waals surface area contributed by atoms with Crippen LogP contribution in [0.15, 0.2) is 54.6 Å². The van der Waals surface area contributed by atoms with Gasteiger partial charge in [-0.2, -0.15) is 0 Å². The highest BCUT2D eigenvalue weighted by Crippen LogP contribution is 2.33. The van der Waals surface area contributed by atoms with E-state index in [1.54, 1.807) is 0 Å². The Morgan fingerprint density at radius 3 is 2.17 bits per heavy atom. The second kappa shape index (κ2) is 5.36. The van der Waals surface area contributed by atoms with Gasteiger partial charge in [0.25, 0.3) is 0 Å². The second-order valence-electron chi connectivity index (χ2n) is 4.90. The molecule has 0 fully saturated rings. The third kappa shape index (κ3) is 2.32. The molecule has 1 unspecified atom stereocenters. The largest absolute Gasteiger partial charge is 0.318 e. The molecule has 94 valence electrons. The van der Waals surface area contributed by atoms with E-state index in [0.29, 0.717) is 0 Å². The van der Waals surface area contributed by atoms with Gasteiger partial charge in [-0.05, 0) is 30.0 Å². The second-order valence-corrected chi connectivity index (χ2v) is 4.90. The standard InChI is InChI=1S/C17H21N/c1-3-13-17(18,15-10-5-4-6-11-15)16-12-8-7-9-14(16)2/h4-12H,3,13,18H2,1-2H3. The van der Waals surface area contributed by atoms with Gasteiger partial charge in [0.1, 0.15) is 0 Å². The van der Waals surface area contributed by atoms with Crippen LogP contribution in [0.3, 0.4) is 0 Å². The molecule has 0 aliphatic carbocycles. The Hall–Kier alpha value is -1.60. The van der Waals surface area contributed by atoms with Crippen molar-refractivity contribution >= 4 is 0 Å². The number of hydrogen-bond donors (Lipinski definition) is 1. The smallest absolute Gasteiger partial charge is 0.0668 e. The maximum absolute atomic E-state index is 6.75. The Morgan fingerprint density at radius 1 is 0.944 bits per heavy atom. The van der Waals surface area contributed by atoms with E-state index in [1.165, 1.54) is 16.7 Å². The summed E-state index contributed by atoms with van der Waals surface area (Å²) in [5.41, 5.74) is 10.1. The molecule has 2 N–H and O–H groups in total. The van der Waals surface area contributed by atoms with Crippen LogP contribution in [0.2, 0.25) is 0 Å². The van der Waals surface area contributed by atoms with Gasteiger partial charge in [-0.1, -0.05) is 67.9 Å². The lowest BCUT2D eigenvalue weighted by atomic mass is 9.78. The van der Waals surface area contributed by atoms with E-state index in [2.05, 4.69) is 62.4 Å². The predicted octanol–water partition coefficient (Wildman–Crippen LogP) is 4.00. The Balaban J connectivity index is 2.55. The molecule has 0 aromatic heterocycles. The zero-order valence-corrected chi connectivity index (χ0v) is 11.2. The van der Waals surface area contributed by atoms with Gasteiger partial charge in [0.2, 0.25) is 0 Å². The summed E-state index contributed by atoms with van der Waals surface area (Å²) < 4.78 is 0. The molecule has 0 aliphatic rings. The van der Waals surface area contributed by atoms with E-state index in [4.69, 9.17) is 5.73 Å². The summed E-state index contributed by atoms with van der Waals surface area (Å²) in [6.45, 7) is 4.32. The molecule has 0 radical (unpaired) electrons. The molecule has 0 saturated carbocycles. The summed E-state index contributed by atoms with van der Waals surface area (Å²) in [4.78, 5) is 0. The van der Waals surface area contributed by atoms with Crippen molar-refractivity contribution in [2.24, 2.45) is 5.73 Å². The normalized spacial score (nSPS) is 14.2. The van der Waals surface area contributed by atoms with Gasteiger partial charge in [0, 0.05) is 0 Å². The summed E-state index contributed by atoms with van der Waals surface area (Å²) in [5, 5.41) is 0. The number of nitrogens with two attached hydrogens (primary N) is 1. The lowest BCUT2D eigenvalue weighted by Crippen LogP contribution is -2.38. The third-order valence-electron chi connectivity index (χ3n) is 3.56. The SMILES string of the molecule is CCCC(N)(c1ccccc1)c1ccccc1C. The quantitative estimate of drug-likeness (QED) is 0.857. The first-order chi connectivity index (χ1) is 8.68. The molecule has 2 aromatic carbocycles. The van der Waals surface area contributed by atoms with E-state index in [-0.39, 0.29) is 5.54 Å². The van der Waals surface area contributed by atoms with Gasteiger partial charge in [0.15, 0.2) is 0 Å². The van der Waals surface area contributed by atoms with Crippen LogP contribution >= 0.6 is 0 Å². The van der Waals surface area contributed by atoms with Crippen molar-refractivity contribution in [3.8, 4) is 0 Å². The molecular weight excluding hydrogens is 218 g/mol. The van der Waals surface area contributed by atoms with Gasteiger partial charge in [0.05, 0.1) is 5.54 Å². The Kier molecular flexibility index (Phi) is 3.83. The number of aryl methyl sites for hydroxylation is 1. The van der Waals surface area contributed by atoms with Crippen molar-refractivity contribution in [2.75, 3.05) is 0 Å². The summed E-state index contributed by atoms with van der Waals surface area (Å²) in [7, 11) is 0. The van der Waals surface area contributed by atoms with Crippen LogP contribution in [0.25, 0.3) is 0 Å². The molecule has 18 heavy (non-hydrogen) atoms. The minimum Gasteiger partial charge on any atom is -0.318 e. The molecule has 0 heterocycles. The summed E-state index contributed by atoms with van der Waals surface area (Å²) >= 11 is 0. The molecule has 2 rings (SSSR count). The monoisotopic (exact) mass is 239 g/mol. The lowest BCUT2D eigenvalue weighted by molar-refractivity contribution is 0.482. The summed E-state index contributed by atoms with van der Waals surface area (Å²) in [6.07, 6.45) is 2.03. The van der Waals surface area contributed by atoms with Crippen molar-refractivity contribution in [3.63, 3.8) is 0 Å². The van der Waals surface area contributed by atoms with E-state index >= 15 is 0 Å². The van der Waals surface area contributed by atoms with E-state index in [0.717, 1.165) is 12.8 Å². The first kappa shape index (κ1) is 12.8. The van der Waals surface area contributed by atoms with Crippen molar-refractivity contribution in [2.45, 2.75) is 32.2 Å². The van der Waals surface area contributed by atoms with Crippen molar-refractivity contribution in [1.82, 2.24) is 0 Å². The molecule has 0 bridgehead atoms. The van der Waals surface area contributed by atoms with Crippen molar-refractivity contribution in [1.29, 1.82) is 0 Å². The molecule has 2 aromatic rings. The highest BCUT2D eigenvalue weighted by molar-refractivity contribution is 5.41. The van der Waals surface area contributed by atoms with Crippen LogP contribution in [-0.2, 0) is 5.54 Å². The van der Waals surface area contributed by atoms with Crippen LogP contribution < -0.4 is 5.73 Å². The zero-order valence-electron chi connectivity index (χ0n) is 11.2. The average molecular weight is 239 g/mol. The van der Waals surface area contributed by atoms with Crippen LogP contribution in [0.5, 0.6) is 0 Å². The fourth-order valence-corrected chi connectivity index (χ4v) is 2.64. The molecular formula is C17H21N. The zero-order chi connectivity index (χ0) is 13.0. The Morgan fingerprint density at radius 2 is 1.56 bits per heavy atom. The molecule has 0 aliphatic heterocycles. The van der Waals surface area contributed by atoms with Gasteiger partial charge in [-0.15, -0.1) is 0 Å². The minimum atomic E-state index is -0.374. The van der Waals surface area contributed by atoms with Crippen molar-refractivity contribution < 1.29 is 0 Å². The van der Waals surface area contributed by atoms with Gasteiger partial charge in [-0.3, -0.25) is 0 Å². The van der Waals surface area contributed by atoms with Crippen LogP contribution in [0.1, 0.15) is 36.5 Å². The molecule has 1 nitrogen and oxygen atoms in total. The van der Waals surface area contributed by atoms with Crippen LogP contribution in [0.4, 0.5) is 0 Å². The first-order valence-electron chi connectivity index (χ1n) is 6.59. The topological polar surface area (TPSA) is 26.0 Å². The van der Waals surface area contributed by atoms with E-state index in [1.807, 2.05) is 6.07 Å². The minimum absolute atomic E-state index is 0.374. The summed E-state index contributed by atoms with van der Waals surface area (Å²) in [5.74, 6) is 0. The van der Waals surface area contributed by atoms with E-state index < -0.39 is 0 Å². The predicted molar refractivity (Wildman–Crippen MR) is 77.5 cm³/mol. The highest BCUT2D eigenvalue weighted by atomic mass is 14.7. The van der Waals surface area contributed by atoms with Crippen LogP contribution in [0, 0.1) is 6.92 Å². The van der Waals surface area contributed by atoms with Crippen LogP contribution in [-0.4, -0.2) is 0 Å². The Labute approximate surface area is 110 Å². The molecule has 0 spiro atoms. The van der Waals surface area contributed by atoms with E-state index in [9.17, 15) is 0 Å². The molecule has 0 amide bonds. The maximum atomic E-state index is 6.75. The lowest BCUT2D eigenvalue weighted by Gasteiger charge is -2.32. The number of hydrogen-bond acceptors (Lipinski definition) is 1. The Bertz CT molecular complexity index is 504. The average Bonchev–Trinajstić information content (AvgIpc) is 2.40.